The summed E-state index contributed by atoms with van der Waals surface area (Å²) < 4.78 is 1.71. The minimum Gasteiger partial charge on any atom is -0.352 e. The molecule has 2 aromatic heterocycles. The second kappa shape index (κ2) is 8.20. The van der Waals surface area contributed by atoms with E-state index in [0.29, 0.717) is 12.1 Å². The maximum atomic E-state index is 12.1. The van der Waals surface area contributed by atoms with Gasteiger partial charge in [0.05, 0.1) is 11.9 Å². The van der Waals surface area contributed by atoms with Crippen molar-refractivity contribution in [1.82, 2.24) is 20.1 Å². The Bertz CT molecular complexity index is 903. The van der Waals surface area contributed by atoms with Crippen molar-refractivity contribution in [1.29, 1.82) is 0 Å². The first kappa shape index (κ1) is 17.5. The average molecular weight is 348 g/mol. The maximum Gasteiger partial charge on any atom is 0.220 e. The molecular weight excluding hydrogens is 328 g/mol. The van der Waals surface area contributed by atoms with E-state index in [1.165, 1.54) is 0 Å². The van der Waals surface area contributed by atoms with Crippen LogP contribution in [0.1, 0.15) is 28.8 Å². The van der Waals surface area contributed by atoms with Crippen molar-refractivity contribution >= 4 is 11.7 Å². The normalized spacial score (nSPS) is 10.5. The summed E-state index contributed by atoms with van der Waals surface area (Å²) in [5.74, 6) is -0.187. The summed E-state index contributed by atoms with van der Waals surface area (Å²) in [4.78, 5) is 28.6. The molecule has 0 spiro atoms. The van der Waals surface area contributed by atoms with Gasteiger partial charge in [-0.15, -0.1) is 0 Å². The van der Waals surface area contributed by atoms with Gasteiger partial charge in [0.15, 0.2) is 5.78 Å². The van der Waals surface area contributed by atoms with Crippen LogP contribution in [0.4, 0.5) is 0 Å². The third-order valence-corrected chi connectivity index (χ3v) is 4.02. The van der Waals surface area contributed by atoms with Crippen LogP contribution in [-0.4, -0.2) is 26.5 Å². The Morgan fingerprint density at radius 1 is 1.08 bits per heavy atom. The first-order valence-corrected chi connectivity index (χ1v) is 8.41. The zero-order valence-electron chi connectivity index (χ0n) is 14.6. The van der Waals surface area contributed by atoms with Crippen molar-refractivity contribution in [3.8, 4) is 11.3 Å². The molecule has 0 radical (unpaired) electrons. The first-order valence-electron chi connectivity index (χ1n) is 8.41. The fourth-order valence-electron chi connectivity index (χ4n) is 2.66. The number of amides is 1. The van der Waals surface area contributed by atoms with Gasteiger partial charge in [-0.05, 0) is 11.6 Å². The van der Waals surface area contributed by atoms with Crippen LogP contribution in [0, 0.1) is 0 Å². The second-order valence-corrected chi connectivity index (χ2v) is 5.98. The predicted octanol–water partition coefficient (Wildman–Crippen LogP) is 2.76. The highest BCUT2D eigenvalue weighted by molar-refractivity contribution is 5.97. The summed E-state index contributed by atoms with van der Waals surface area (Å²) in [6.07, 6.45) is 5.69. The molecule has 0 unspecified atom stereocenters. The quantitative estimate of drug-likeness (QED) is 0.666. The van der Waals surface area contributed by atoms with Crippen LogP contribution in [0.15, 0.2) is 61.1 Å². The summed E-state index contributed by atoms with van der Waals surface area (Å²) in [6.45, 7) is 0.358. The predicted molar refractivity (Wildman–Crippen MR) is 98.3 cm³/mol. The Hall–Kier alpha value is -3.28. The molecule has 0 bridgehead atoms. The minimum atomic E-state index is -0.157. The molecule has 1 aromatic carbocycles. The number of benzene rings is 1. The van der Waals surface area contributed by atoms with Crippen LogP contribution in [0.2, 0.25) is 0 Å². The van der Waals surface area contributed by atoms with E-state index < -0.39 is 0 Å². The number of carbonyl (C=O) groups is 2. The zero-order valence-corrected chi connectivity index (χ0v) is 14.6. The van der Waals surface area contributed by atoms with Crippen molar-refractivity contribution in [3.05, 3.63) is 72.2 Å². The van der Waals surface area contributed by atoms with Crippen molar-refractivity contribution in [2.24, 2.45) is 7.05 Å². The van der Waals surface area contributed by atoms with Gasteiger partial charge in [0.2, 0.25) is 5.91 Å². The highest BCUT2D eigenvalue weighted by Gasteiger charge is 2.11. The number of pyridine rings is 1. The number of nitrogens with one attached hydrogen (secondary N) is 1. The number of hydrogen-bond acceptors (Lipinski definition) is 4. The van der Waals surface area contributed by atoms with Gasteiger partial charge in [-0.3, -0.25) is 19.3 Å². The van der Waals surface area contributed by atoms with Gasteiger partial charge < -0.3 is 5.32 Å². The van der Waals surface area contributed by atoms with Gasteiger partial charge in [-0.1, -0.05) is 36.4 Å². The molecule has 0 aliphatic rings. The van der Waals surface area contributed by atoms with Crippen molar-refractivity contribution < 1.29 is 9.59 Å². The Morgan fingerprint density at radius 2 is 1.88 bits per heavy atom. The smallest absolute Gasteiger partial charge is 0.220 e. The lowest BCUT2D eigenvalue weighted by molar-refractivity contribution is -0.121. The lowest BCUT2D eigenvalue weighted by atomic mass is 10.1. The molecule has 1 amide bonds. The number of rotatable bonds is 7. The lowest BCUT2D eigenvalue weighted by Gasteiger charge is -2.08. The molecule has 0 aliphatic carbocycles. The maximum absolute atomic E-state index is 12.1. The molecule has 2 heterocycles. The molecule has 0 fully saturated rings. The molecule has 0 aliphatic heterocycles. The molecule has 0 saturated heterocycles. The molecule has 0 atom stereocenters. The third-order valence-electron chi connectivity index (χ3n) is 4.02. The van der Waals surface area contributed by atoms with Gasteiger partial charge in [0, 0.05) is 50.0 Å². The van der Waals surface area contributed by atoms with Crippen LogP contribution in [0.3, 0.4) is 0 Å². The molecule has 26 heavy (non-hydrogen) atoms. The van der Waals surface area contributed by atoms with E-state index in [9.17, 15) is 9.59 Å². The fourth-order valence-corrected chi connectivity index (χ4v) is 2.66. The Morgan fingerprint density at radius 3 is 2.62 bits per heavy atom. The number of aryl methyl sites for hydroxylation is 1. The monoisotopic (exact) mass is 348 g/mol. The van der Waals surface area contributed by atoms with E-state index in [1.807, 2.05) is 43.6 Å². The summed E-state index contributed by atoms with van der Waals surface area (Å²) in [5.41, 5.74) is 3.23. The number of nitrogens with zero attached hydrogens (tertiary/aromatic N) is 3. The second-order valence-electron chi connectivity index (χ2n) is 5.98. The summed E-state index contributed by atoms with van der Waals surface area (Å²) in [5, 5.41) is 7.02. The lowest BCUT2D eigenvalue weighted by Crippen LogP contribution is -2.23. The minimum absolute atomic E-state index is 0.0295. The van der Waals surface area contributed by atoms with Crippen LogP contribution < -0.4 is 5.32 Å². The fraction of sp³-hybridized carbons (Fsp3) is 0.200. The number of aromatic nitrogens is 3. The van der Waals surface area contributed by atoms with Crippen molar-refractivity contribution in [3.63, 3.8) is 0 Å². The van der Waals surface area contributed by atoms with E-state index in [0.717, 1.165) is 16.8 Å². The Kier molecular flexibility index (Phi) is 5.53. The first-order chi connectivity index (χ1) is 12.6. The largest absolute Gasteiger partial charge is 0.352 e. The molecule has 3 aromatic rings. The molecular formula is C20H20N4O2. The van der Waals surface area contributed by atoms with Crippen LogP contribution in [0.25, 0.3) is 11.3 Å². The van der Waals surface area contributed by atoms with Crippen LogP contribution in [-0.2, 0) is 18.4 Å². The molecule has 6 nitrogen and oxygen atoms in total. The standard InChI is InChI=1S/C20H20N4O2/c1-24-14-17(13-23-24)20-16(8-5-11-21-20)12-22-19(26)10-9-18(25)15-6-3-2-4-7-15/h2-8,11,13-14H,9-10,12H2,1H3,(H,22,26). The SMILES string of the molecule is Cn1cc(-c2ncccc2CNC(=O)CCC(=O)c2ccccc2)cn1. The Balaban J connectivity index is 1.56. The Labute approximate surface area is 151 Å². The summed E-state index contributed by atoms with van der Waals surface area (Å²) in [6, 6.07) is 12.8. The third kappa shape index (κ3) is 4.42. The molecule has 132 valence electrons. The van der Waals surface area contributed by atoms with E-state index in [-0.39, 0.29) is 24.5 Å². The highest BCUT2D eigenvalue weighted by atomic mass is 16.2. The van der Waals surface area contributed by atoms with Crippen molar-refractivity contribution in [2.45, 2.75) is 19.4 Å². The van der Waals surface area contributed by atoms with Gasteiger partial charge in [0.1, 0.15) is 0 Å². The average Bonchev–Trinajstić information content (AvgIpc) is 3.11. The zero-order chi connectivity index (χ0) is 18.4. The number of Topliss-reactive ketones (excluding diaryl/α,β-unsaturated/α-hetero) is 1. The van der Waals surface area contributed by atoms with E-state index in [1.54, 1.807) is 29.2 Å². The van der Waals surface area contributed by atoms with E-state index in [2.05, 4.69) is 15.4 Å². The highest BCUT2D eigenvalue weighted by Crippen LogP contribution is 2.20. The molecule has 6 heteroatoms. The summed E-state index contributed by atoms with van der Waals surface area (Å²) in [7, 11) is 1.84. The van der Waals surface area contributed by atoms with Gasteiger partial charge in [-0.2, -0.15) is 5.10 Å². The number of ketones is 1. The number of carbonyl (C=O) groups excluding carboxylic acids is 2. The van der Waals surface area contributed by atoms with E-state index in [4.69, 9.17) is 0 Å². The van der Waals surface area contributed by atoms with Gasteiger partial charge in [0.25, 0.3) is 0 Å². The topological polar surface area (TPSA) is 76.9 Å². The van der Waals surface area contributed by atoms with Gasteiger partial charge in [-0.25, -0.2) is 0 Å². The van der Waals surface area contributed by atoms with Crippen molar-refractivity contribution in [2.75, 3.05) is 0 Å². The molecule has 0 saturated carbocycles. The van der Waals surface area contributed by atoms with Crippen LogP contribution in [0.5, 0.6) is 0 Å². The van der Waals surface area contributed by atoms with E-state index >= 15 is 0 Å². The molecule has 1 N–H and O–H groups in total. The summed E-state index contributed by atoms with van der Waals surface area (Å²) >= 11 is 0. The van der Waals surface area contributed by atoms with Crippen LogP contribution >= 0.6 is 0 Å². The van der Waals surface area contributed by atoms with Gasteiger partial charge >= 0.3 is 0 Å². The molecule has 3 rings (SSSR count). The number of hydrogen-bond donors (Lipinski definition) is 1.